The van der Waals surface area contributed by atoms with Crippen molar-refractivity contribution in [3.63, 3.8) is 0 Å². The molecule has 0 saturated heterocycles. The molecule has 98 valence electrons. The van der Waals surface area contributed by atoms with Gasteiger partial charge in [-0.15, -0.1) is 11.3 Å². The van der Waals surface area contributed by atoms with E-state index < -0.39 is 5.97 Å². The fourth-order valence-corrected chi connectivity index (χ4v) is 2.86. The third kappa shape index (κ3) is 2.15. The van der Waals surface area contributed by atoms with Crippen LogP contribution in [0.2, 0.25) is 0 Å². The summed E-state index contributed by atoms with van der Waals surface area (Å²) in [5.74, 6) is 0.313. The van der Waals surface area contributed by atoms with Gasteiger partial charge in [-0.25, -0.2) is 9.78 Å². The number of carboxylic acids is 1. The Morgan fingerprint density at radius 3 is 2.79 bits per heavy atom. The predicted octanol–water partition coefficient (Wildman–Crippen LogP) is 2.59. The third-order valence-electron chi connectivity index (χ3n) is 2.74. The molecule has 0 saturated carbocycles. The minimum absolute atomic E-state index is 0.0826. The number of thiazole rings is 1. The molecule has 0 fully saturated rings. The zero-order valence-corrected chi connectivity index (χ0v) is 11.0. The molecular formula is C13H11NO4S. The smallest absolute Gasteiger partial charge is 0.356 e. The summed E-state index contributed by atoms with van der Waals surface area (Å²) in [4.78, 5) is 15.9. The zero-order valence-electron chi connectivity index (χ0n) is 10.2. The second-order valence-corrected chi connectivity index (χ2v) is 5.28. The van der Waals surface area contributed by atoms with E-state index in [4.69, 9.17) is 14.6 Å². The molecule has 0 unspecified atom stereocenters. The first-order chi connectivity index (χ1) is 9.15. The van der Waals surface area contributed by atoms with Crippen LogP contribution in [0.1, 0.15) is 15.5 Å². The fourth-order valence-electron chi connectivity index (χ4n) is 1.95. The van der Waals surface area contributed by atoms with Crippen LogP contribution in [0.5, 0.6) is 11.5 Å². The molecule has 2 aromatic rings. The number of rotatable bonds is 2. The van der Waals surface area contributed by atoms with E-state index in [0.29, 0.717) is 29.6 Å². The van der Waals surface area contributed by atoms with Crippen molar-refractivity contribution >= 4 is 17.3 Å². The maximum absolute atomic E-state index is 11.2. The molecule has 0 amide bonds. The molecule has 0 spiro atoms. The van der Waals surface area contributed by atoms with Gasteiger partial charge in [0.1, 0.15) is 13.2 Å². The first-order valence-electron chi connectivity index (χ1n) is 5.76. The lowest BCUT2D eigenvalue weighted by Crippen LogP contribution is -2.15. The monoisotopic (exact) mass is 277 g/mol. The molecule has 0 aliphatic carbocycles. The summed E-state index contributed by atoms with van der Waals surface area (Å²) in [6.45, 7) is 2.83. The molecule has 1 aliphatic rings. The van der Waals surface area contributed by atoms with Gasteiger partial charge in [-0.3, -0.25) is 0 Å². The molecule has 5 nitrogen and oxygen atoms in total. The molecule has 1 aromatic carbocycles. The number of aromatic nitrogens is 1. The fraction of sp³-hybridized carbons (Fsp3) is 0.231. The standard InChI is InChI=1S/C13H11NO4S/c1-7-14-11(13(15)16)12(19-7)8-2-3-9-10(6-8)18-5-4-17-9/h2-3,6H,4-5H2,1H3,(H,15,16). The summed E-state index contributed by atoms with van der Waals surface area (Å²) < 4.78 is 10.9. The van der Waals surface area contributed by atoms with Crippen molar-refractivity contribution in [2.45, 2.75) is 6.92 Å². The van der Waals surface area contributed by atoms with Gasteiger partial charge in [-0.2, -0.15) is 0 Å². The van der Waals surface area contributed by atoms with E-state index in [9.17, 15) is 4.79 Å². The average Bonchev–Trinajstić information content (AvgIpc) is 2.80. The number of aromatic carboxylic acids is 1. The largest absolute Gasteiger partial charge is 0.486 e. The average molecular weight is 277 g/mol. The first kappa shape index (κ1) is 12.0. The Morgan fingerprint density at radius 2 is 2.05 bits per heavy atom. The number of hydrogen-bond donors (Lipinski definition) is 1. The van der Waals surface area contributed by atoms with Crippen LogP contribution in [0, 0.1) is 6.92 Å². The van der Waals surface area contributed by atoms with Crippen molar-refractivity contribution in [3.05, 3.63) is 28.9 Å². The second kappa shape index (κ2) is 4.55. The lowest BCUT2D eigenvalue weighted by molar-refractivity contribution is 0.0692. The molecule has 0 atom stereocenters. The van der Waals surface area contributed by atoms with Gasteiger partial charge in [0, 0.05) is 0 Å². The topological polar surface area (TPSA) is 68.7 Å². The Kier molecular flexibility index (Phi) is 2.87. The molecule has 0 bridgehead atoms. The van der Waals surface area contributed by atoms with Crippen LogP contribution in [0.4, 0.5) is 0 Å². The van der Waals surface area contributed by atoms with E-state index in [-0.39, 0.29) is 5.69 Å². The molecule has 3 rings (SSSR count). The van der Waals surface area contributed by atoms with Crippen molar-refractivity contribution in [1.82, 2.24) is 4.98 Å². The zero-order chi connectivity index (χ0) is 13.4. The van der Waals surface area contributed by atoms with Gasteiger partial charge < -0.3 is 14.6 Å². The van der Waals surface area contributed by atoms with Crippen LogP contribution in [-0.4, -0.2) is 29.3 Å². The summed E-state index contributed by atoms with van der Waals surface area (Å²) in [5, 5.41) is 9.89. The van der Waals surface area contributed by atoms with E-state index in [2.05, 4.69) is 4.98 Å². The van der Waals surface area contributed by atoms with E-state index in [1.54, 1.807) is 19.1 Å². The van der Waals surface area contributed by atoms with Gasteiger partial charge in [0.2, 0.25) is 0 Å². The number of carboxylic acid groups (broad SMARTS) is 1. The minimum atomic E-state index is -1.02. The lowest BCUT2D eigenvalue weighted by Gasteiger charge is -2.18. The highest BCUT2D eigenvalue weighted by Crippen LogP contribution is 2.37. The van der Waals surface area contributed by atoms with Crippen LogP contribution >= 0.6 is 11.3 Å². The van der Waals surface area contributed by atoms with Gasteiger partial charge >= 0.3 is 5.97 Å². The maximum Gasteiger partial charge on any atom is 0.356 e. The molecule has 1 N–H and O–H groups in total. The highest BCUT2D eigenvalue weighted by molar-refractivity contribution is 7.15. The van der Waals surface area contributed by atoms with Gasteiger partial charge in [0.05, 0.1) is 9.88 Å². The molecule has 1 aliphatic heterocycles. The number of ether oxygens (including phenoxy) is 2. The molecule has 1 aromatic heterocycles. The summed E-state index contributed by atoms with van der Waals surface area (Å²) >= 11 is 1.36. The van der Waals surface area contributed by atoms with Gasteiger partial charge in [-0.05, 0) is 30.7 Å². The Morgan fingerprint density at radius 1 is 1.32 bits per heavy atom. The van der Waals surface area contributed by atoms with Crippen LogP contribution in [0.25, 0.3) is 10.4 Å². The Balaban J connectivity index is 2.09. The van der Waals surface area contributed by atoms with E-state index in [1.165, 1.54) is 11.3 Å². The first-order valence-corrected chi connectivity index (χ1v) is 6.57. The SMILES string of the molecule is Cc1nc(C(=O)O)c(-c2ccc3c(c2)OCCO3)s1. The van der Waals surface area contributed by atoms with E-state index in [0.717, 1.165) is 10.6 Å². The molecule has 19 heavy (non-hydrogen) atoms. The van der Waals surface area contributed by atoms with Crippen molar-refractivity contribution in [2.75, 3.05) is 13.2 Å². The predicted molar refractivity (Wildman–Crippen MR) is 70.2 cm³/mol. The number of fused-ring (bicyclic) bond motifs is 1. The summed E-state index contributed by atoms with van der Waals surface area (Å²) in [6.07, 6.45) is 0. The van der Waals surface area contributed by atoms with Crippen LogP contribution in [-0.2, 0) is 0 Å². The summed E-state index contributed by atoms with van der Waals surface area (Å²) in [7, 11) is 0. The van der Waals surface area contributed by atoms with Crippen molar-refractivity contribution < 1.29 is 19.4 Å². The summed E-state index contributed by atoms with van der Waals surface area (Å²) in [6, 6.07) is 5.42. The molecule has 0 radical (unpaired) electrons. The molecule has 2 heterocycles. The number of carbonyl (C=O) groups is 1. The number of hydrogen-bond acceptors (Lipinski definition) is 5. The van der Waals surface area contributed by atoms with Gasteiger partial charge in [0.25, 0.3) is 0 Å². The van der Waals surface area contributed by atoms with Crippen molar-refractivity contribution in [2.24, 2.45) is 0 Å². The highest BCUT2D eigenvalue weighted by atomic mass is 32.1. The summed E-state index contributed by atoms with van der Waals surface area (Å²) in [5.41, 5.74) is 0.867. The lowest BCUT2D eigenvalue weighted by atomic mass is 10.1. The van der Waals surface area contributed by atoms with Crippen LogP contribution in [0.3, 0.4) is 0 Å². The van der Waals surface area contributed by atoms with E-state index in [1.807, 2.05) is 6.07 Å². The number of aryl methyl sites for hydroxylation is 1. The van der Waals surface area contributed by atoms with Crippen LogP contribution < -0.4 is 9.47 Å². The minimum Gasteiger partial charge on any atom is -0.486 e. The molecule has 6 heteroatoms. The molecular weight excluding hydrogens is 266 g/mol. The van der Waals surface area contributed by atoms with E-state index >= 15 is 0 Å². The quantitative estimate of drug-likeness (QED) is 0.913. The third-order valence-corrected chi connectivity index (χ3v) is 3.76. The van der Waals surface area contributed by atoms with Crippen molar-refractivity contribution in [3.8, 4) is 21.9 Å². The number of benzene rings is 1. The van der Waals surface area contributed by atoms with Crippen molar-refractivity contribution in [1.29, 1.82) is 0 Å². The van der Waals surface area contributed by atoms with Gasteiger partial charge in [0.15, 0.2) is 17.2 Å². The van der Waals surface area contributed by atoms with Gasteiger partial charge in [-0.1, -0.05) is 0 Å². The highest BCUT2D eigenvalue weighted by Gasteiger charge is 2.19. The normalized spacial score (nSPS) is 13.3. The second-order valence-electron chi connectivity index (χ2n) is 4.07. The maximum atomic E-state index is 11.2. The Bertz CT molecular complexity index is 650. The van der Waals surface area contributed by atoms with Crippen LogP contribution in [0.15, 0.2) is 18.2 Å². The number of nitrogens with zero attached hydrogens (tertiary/aromatic N) is 1. The Labute approximate surface area is 113 Å². The Hall–Kier alpha value is -2.08.